The summed E-state index contributed by atoms with van der Waals surface area (Å²) in [6.45, 7) is 0.166. The van der Waals surface area contributed by atoms with Gasteiger partial charge in [-0.25, -0.2) is 9.59 Å². The minimum atomic E-state index is -5.27. The molecule has 0 heterocycles. The Kier molecular flexibility index (Phi) is 7.69. The van der Waals surface area contributed by atoms with Crippen LogP contribution in [0.15, 0.2) is 48.5 Å². The topological polar surface area (TPSA) is 114 Å². The normalized spacial score (nSPS) is 15.3. The first-order chi connectivity index (χ1) is 16.5. The van der Waals surface area contributed by atoms with Crippen molar-refractivity contribution >= 4 is 18.0 Å². The van der Waals surface area contributed by atoms with Crippen molar-refractivity contribution in [3.8, 4) is 11.1 Å². The quantitative estimate of drug-likeness (QED) is 0.492. The van der Waals surface area contributed by atoms with Crippen LogP contribution in [0.3, 0.4) is 0 Å². The molecule has 3 N–H and O–H groups in total. The summed E-state index contributed by atoms with van der Waals surface area (Å²) in [6.07, 6.45) is -6.52. The lowest BCUT2D eigenvalue weighted by Crippen LogP contribution is -2.64. The second kappa shape index (κ2) is 10.3. The number of carbonyl (C=O) groups excluding carboxylic acids is 2. The van der Waals surface area contributed by atoms with E-state index in [4.69, 9.17) is 14.6 Å². The number of carboxylic acids is 1. The SMILES string of the molecule is COCCC(NC(=O)OCC1c2ccccc2-c2ccccc21)C(=O)NC(C)(C(=O)O)C(F)(F)F. The van der Waals surface area contributed by atoms with E-state index in [9.17, 15) is 27.6 Å². The van der Waals surface area contributed by atoms with Crippen LogP contribution >= 0.6 is 0 Å². The fourth-order valence-corrected chi connectivity index (χ4v) is 3.87. The third-order valence-electron chi connectivity index (χ3n) is 5.93. The van der Waals surface area contributed by atoms with E-state index in [1.807, 2.05) is 48.5 Å². The first-order valence-electron chi connectivity index (χ1n) is 10.7. The van der Waals surface area contributed by atoms with Crippen molar-refractivity contribution in [2.24, 2.45) is 0 Å². The third kappa shape index (κ3) is 5.40. The molecule has 188 valence electrons. The molecule has 0 radical (unpaired) electrons. The summed E-state index contributed by atoms with van der Waals surface area (Å²) in [5, 5.41) is 12.8. The monoisotopic (exact) mass is 494 g/mol. The van der Waals surface area contributed by atoms with Crippen LogP contribution in [-0.4, -0.2) is 61.2 Å². The Bertz CT molecular complexity index is 1060. The lowest BCUT2D eigenvalue weighted by atomic mass is 9.98. The van der Waals surface area contributed by atoms with E-state index < -0.39 is 35.7 Å². The number of hydrogen-bond acceptors (Lipinski definition) is 5. The van der Waals surface area contributed by atoms with Gasteiger partial charge in [-0.05, 0) is 29.2 Å². The van der Waals surface area contributed by atoms with Crippen molar-refractivity contribution in [3.63, 3.8) is 0 Å². The molecule has 2 aromatic rings. The summed E-state index contributed by atoms with van der Waals surface area (Å²) < 4.78 is 50.1. The van der Waals surface area contributed by atoms with Crippen LogP contribution in [0.25, 0.3) is 11.1 Å². The van der Waals surface area contributed by atoms with Gasteiger partial charge in [-0.15, -0.1) is 0 Å². The van der Waals surface area contributed by atoms with Gasteiger partial charge in [0.2, 0.25) is 11.4 Å². The van der Waals surface area contributed by atoms with Gasteiger partial charge in [0, 0.05) is 26.1 Å². The fraction of sp³-hybridized carbons (Fsp3) is 0.375. The average molecular weight is 494 g/mol. The van der Waals surface area contributed by atoms with Crippen LogP contribution < -0.4 is 10.6 Å². The van der Waals surface area contributed by atoms with Crippen molar-refractivity contribution in [1.82, 2.24) is 10.6 Å². The lowest BCUT2D eigenvalue weighted by Gasteiger charge is -2.30. The Labute approximate surface area is 199 Å². The number of benzene rings is 2. The van der Waals surface area contributed by atoms with Crippen molar-refractivity contribution in [3.05, 3.63) is 59.7 Å². The highest BCUT2D eigenvalue weighted by Gasteiger charge is 2.58. The molecule has 35 heavy (non-hydrogen) atoms. The van der Waals surface area contributed by atoms with E-state index in [0.29, 0.717) is 6.92 Å². The minimum Gasteiger partial charge on any atom is -0.479 e. The van der Waals surface area contributed by atoms with E-state index in [-0.39, 0.29) is 25.6 Å². The molecular weight excluding hydrogens is 469 g/mol. The molecule has 1 aliphatic rings. The Morgan fingerprint density at radius 3 is 2.06 bits per heavy atom. The number of fused-ring (bicyclic) bond motifs is 3. The number of halogens is 3. The molecule has 0 fully saturated rings. The van der Waals surface area contributed by atoms with Crippen molar-refractivity contribution in [2.45, 2.75) is 37.0 Å². The Morgan fingerprint density at radius 1 is 1.03 bits per heavy atom. The van der Waals surface area contributed by atoms with Gasteiger partial charge in [-0.2, -0.15) is 13.2 Å². The molecule has 2 aromatic carbocycles. The van der Waals surface area contributed by atoms with Gasteiger partial charge in [-0.3, -0.25) is 4.79 Å². The number of hydrogen-bond donors (Lipinski definition) is 3. The largest absolute Gasteiger partial charge is 0.479 e. The Hall–Kier alpha value is -3.60. The van der Waals surface area contributed by atoms with Crippen LogP contribution in [0.5, 0.6) is 0 Å². The zero-order chi connectivity index (χ0) is 25.8. The number of rotatable bonds is 9. The minimum absolute atomic E-state index is 0.0755. The number of amides is 2. The number of nitrogens with one attached hydrogen (secondary N) is 2. The van der Waals surface area contributed by atoms with E-state index in [1.165, 1.54) is 12.4 Å². The van der Waals surface area contributed by atoms with Crippen LogP contribution in [0.2, 0.25) is 0 Å². The second-order valence-corrected chi connectivity index (χ2v) is 8.22. The van der Waals surface area contributed by atoms with Gasteiger partial charge in [0.25, 0.3) is 0 Å². The average Bonchev–Trinajstić information content (AvgIpc) is 3.13. The molecule has 0 aromatic heterocycles. The number of carbonyl (C=O) groups is 3. The Morgan fingerprint density at radius 2 is 1.57 bits per heavy atom. The molecule has 2 unspecified atom stereocenters. The zero-order valence-corrected chi connectivity index (χ0v) is 19.0. The van der Waals surface area contributed by atoms with Crippen molar-refractivity contribution < 1.29 is 42.1 Å². The molecule has 0 aliphatic heterocycles. The van der Waals surface area contributed by atoms with E-state index in [0.717, 1.165) is 22.3 Å². The number of ether oxygens (including phenoxy) is 2. The van der Waals surface area contributed by atoms with Crippen molar-refractivity contribution in [2.75, 3.05) is 20.3 Å². The molecular formula is C24H25F3N2O6. The molecule has 1 aliphatic carbocycles. The predicted molar refractivity (Wildman–Crippen MR) is 119 cm³/mol. The third-order valence-corrected chi connectivity index (χ3v) is 5.93. The predicted octanol–water partition coefficient (Wildman–Crippen LogP) is 3.45. The van der Waals surface area contributed by atoms with Crippen LogP contribution in [0.4, 0.5) is 18.0 Å². The maximum Gasteiger partial charge on any atom is 0.422 e. The Balaban J connectivity index is 1.70. The van der Waals surface area contributed by atoms with E-state index in [2.05, 4.69) is 5.32 Å². The van der Waals surface area contributed by atoms with E-state index in [1.54, 1.807) is 0 Å². The number of aliphatic carboxylic acids is 1. The van der Waals surface area contributed by atoms with Gasteiger partial charge in [0.15, 0.2) is 0 Å². The molecule has 3 rings (SSSR count). The van der Waals surface area contributed by atoms with Crippen LogP contribution in [0, 0.1) is 0 Å². The summed E-state index contributed by atoms with van der Waals surface area (Å²) in [5.41, 5.74) is 0.386. The zero-order valence-electron chi connectivity index (χ0n) is 19.0. The first-order valence-corrected chi connectivity index (χ1v) is 10.7. The highest BCUT2D eigenvalue weighted by molar-refractivity contribution is 5.91. The maximum atomic E-state index is 13.3. The van der Waals surface area contributed by atoms with E-state index >= 15 is 0 Å². The number of alkyl carbamates (subject to hydrolysis) is 1. The molecule has 0 bridgehead atoms. The van der Waals surface area contributed by atoms with Gasteiger partial charge in [0.05, 0.1) is 0 Å². The standard InChI is InChI=1S/C24H25F3N2O6/c1-23(21(31)32,24(25,26)27)29-20(30)19(11-12-34-2)28-22(33)35-13-18-16-9-5-3-7-14(16)15-8-4-6-10-17(15)18/h3-10,18-19H,11-13H2,1-2H3,(H,28,33)(H,29,30)(H,31,32). The first kappa shape index (κ1) is 26.0. The summed E-state index contributed by atoms with van der Waals surface area (Å²) in [5.74, 6) is -3.89. The smallest absolute Gasteiger partial charge is 0.422 e. The maximum absolute atomic E-state index is 13.3. The number of carboxylic acid groups (broad SMARTS) is 1. The second-order valence-electron chi connectivity index (χ2n) is 8.22. The molecule has 0 spiro atoms. The highest BCUT2D eigenvalue weighted by Crippen LogP contribution is 2.44. The van der Waals surface area contributed by atoms with Gasteiger partial charge in [0.1, 0.15) is 12.6 Å². The fourth-order valence-electron chi connectivity index (χ4n) is 3.87. The van der Waals surface area contributed by atoms with Gasteiger partial charge < -0.3 is 25.2 Å². The summed E-state index contributed by atoms with van der Waals surface area (Å²) in [7, 11) is 1.30. The molecule has 0 saturated heterocycles. The molecule has 2 amide bonds. The summed E-state index contributed by atoms with van der Waals surface area (Å²) >= 11 is 0. The van der Waals surface area contributed by atoms with Crippen LogP contribution in [-0.2, 0) is 19.1 Å². The lowest BCUT2D eigenvalue weighted by molar-refractivity contribution is -0.207. The summed E-state index contributed by atoms with van der Waals surface area (Å²) in [4.78, 5) is 36.3. The van der Waals surface area contributed by atoms with Crippen molar-refractivity contribution in [1.29, 1.82) is 0 Å². The van der Waals surface area contributed by atoms with Crippen LogP contribution in [0.1, 0.15) is 30.4 Å². The molecule has 11 heteroatoms. The highest BCUT2D eigenvalue weighted by atomic mass is 19.4. The summed E-state index contributed by atoms with van der Waals surface area (Å²) in [6, 6.07) is 13.8. The molecule has 8 nitrogen and oxygen atoms in total. The number of methoxy groups -OCH3 is 1. The number of alkyl halides is 3. The molecule has 0 saturated carbocycles. The van der Waals surface area contributed by atoms with Gasteiger partial charge >= 0.3 is 18.2 Å². The van der Waals surface area contributed by atoms with Gasteiger partial charge in [-0.1, -0.05) is 48.5 Å². The molecule has 2 atom stereocenters.